The van der Waals surface area contributed by atoms with E-state index in [4.69, 9.17) is 5.11 Å². The van der Waals surface area contributed by atoms with Gasteiger partial charge in [0.15, 0.2) is 0 Å². The van der Waals surface area contributed by atoms with Gasteiger partial charge >= 0.3 is 5.97 Å². The quantitative estimate of drug-likeness (QED) is 0.741. The number of carboxylic acids is 1. The zero-order valence-electron chi connectivity index (χ0n) is 11.1. The highest BCUT2D eigenvalue weighted by molar-refractivity contribution is 5.85. The van der Waals surface area contributed by atoms with Gasteiger partial charge in [-0.05, 0) is 23.6 Å². The Labute approximate surface area is 113 Å². The van der Waals surface area contributed by atoms with E-state index >= 15 is 0 Å². The third kappa shape index (κ3) is 6.41. The first-order valence-electron chi connectivity index (χ1n) is 6.38. The van der Waals surface area contributed by atoms with Crippen molar-refractivity contribution in [3.8, 4) is 0 Å². The van der Waals surface area contributed by atoms with Crippen molar-refractivity contribution in [1.29, 1.82) is 0 Å². The second-order valence-electron chi connectivity index (χ2n) is 4.29. The molecule has 19 heavy (non-hydrogen) atoms. The standard InChI is InChI=1S/C15H19NO3/c1-2-3-4-14(17)16-11-13-7-5-12(6-8-13)9-10-15(18)19/h5-10H,2-4,11H2,1H3,(H,16,17)(H,18,19)/b10-9+. The summed E-state index contributed by atoms with van der Waals surface area (Å²) in [5.74, 6) is -0.899. The lowest BCUT2D eigenvalue weighted by atomic mass is 10.1. The molecule has 4 heteroatoms. The first-order chi connectivity index (χ1) is 9.11. The third-order valence-corrected chi connectivity index (χ3v) is 2.65. The smallest absolute Gasteiger partial charge is 0.328 e. The predicted octanol–water partition coefficient (Wildman–Crippen LogP) is 2.59. The van der Waals surface area contributed by atoms with Gasteiger partial charge in [-0.15, -0.1) is 0 Å². The molecule has 2 N–H and O–H groups in total. The molecule has 0 spiro atoms. The summed E-state index contributed by atoms with van der Waals surface area (Å²) in [6.45, 7) is 2.56. The van der Waals surface area contributed by atoms with Gasteiger partial charge in [-0.2, -0.15) is 0 Å². The van der Waals surface area contributed by atoms with E-state index in [0.29, 0.717) is 13.0 Å². The molecule has 4 nitrogen and oxygen atoms in total. The van der Waals surface area contributed by atoms with Crippen molar-refractivity contribution in [3.05, 3.63) is 41.5 Å². The van der Waals surface area contributed by atoms with Crippen molar-refractivity contribution in [2.75, 3.05) is 0 Å². The van der Waals surface area contributed by atoms with Gasteiger partial charge in [0.1, 0.15) is 0 Å². The topological polar surface area (TPSA) is 66.4 Å². The van der Waals surface area contributed by atoms with Crippen molar-refractivity contribution in [2.45, 2.75) is 32.7 Å². The van der Waals surface area contributed by atoms with E-state index in [1.807, 2.05) is 24.3 Å². The molecular weight excluding hydrogens is 242 g/mol. The summed E-state index contributed by atoms with van der Waals surface area (Å²) in [4.78, 5) is 21.8. The number of hydrogen-bond donors (Lipinski definition) is 2. The maximum absolute atomic E-state index is 11.4. The molecule has 1 aromatic carbocycles. The highest BCUT2D eigenvalue weighted by Crippen LogP contribution is 2.06. The molecule has 0 aliphatic carbocycles. The number of nitrogens with one attached hydrogen (secondary N) is 1. The number of unbranched alkanes of at least 4 members (excludes halogenated alkanes) is 1. The zero-order chi connectivity index (χ0) is 14.1. The monoisotopic (exact) mass is 261 g/mol. The van der Waals surface area contributed by atoms with Crippen LogP contribution in [0.1, 0.15) is 37.3 Å². The van der Waals surface area contributed by atoms with Gasteiger partial charge in [0.25, 0.3) is 0 Å². The first kappa shape index (κ1) is 15.0. The van der Waals surface area contributed by atoms with Crippen LogP contribution in [0.25, 0.3) is 6.08 Å². The van der Waals surface area contributed by atoms with E-state index in [1.165, 1.54) is 6.08 Å². The Balaban J connectivity index is 2.44. The zero-order valence-corrected chi connectivity index (χ0v) is 11.1. The third-order valence-electron chi connectivity index (χ3n) is 2.65. The number of carbonyl (C=O) groups is 2. The predicted molar refractivity (Wildman–Crippen MR) is 74.5 cm³/mol. The van der Waals surface area contributed by atoms with Crippen molar-refractivity contribution < 1.29 is 14.7 Å². The van der Waals surface area contributed by atoms with E-state index in [1.54, 1.807) is 0 Å². The number of carbonyl (C=O) groups excluding carboxylic acids is 1. The summed E-state index contributed by atoms with van der Waals surface area (Å²) in [5, 5.41) is 11.4. The molecule has 1 rings (SSSR count). The Morgan fingerprint density at radius 2 is 1.95 bits per heavy atom. The molecule has 0 aliphatic rings. The molecule has 0 aliphatic heterocycles. The largest absolute Gasteiger partial charge is 0.478 e. The Morgan fingerprint density at radius 1 is 1.26 bits per heavy atom. The number of rotatable bonds is 7. The summed E-state index contributed by atoms with van der Waals surface area (Å²) in [5.41, 5.74) is 1.82. The summed E-state index contributed by atoms with van der Waals surface area (Å²) >= 11 is 0. The van der Waals surface area contributed by atoms with Gasteiger partial charge in [0, 0.05) is 19.0 Å². The van der Waals surface area contributed by atoms with Crippen molar-refractivity contribution in [1.82, 2.24) is 5.32 Å². The second-order valence-corrected chi connectivity index (χ2v) is 4.29. The van der Waals surface area contributed by atoms with Crippen LogP contribution in [0.15, 0.2) is 30.3 Å². The fourth-order valence-corrected chi connectivity index (χ4v) is 1.54. The van der Waals surface area contributed by atoms with Crippen LogP contribution in [0.5, 0.6) is 0 Å². The maximum Gasteiger partial charge on any atom is 0.328 e. The van der Waals surface area contributed by atoms with Crippen molar-refractivity contribution in [3.63, 3.8) is 0 Å². The van der Waals surface area contributed by atoms with E-state index in [0.717, 1.165) is 30.0 Å². The minimum Gasteiger partial charge on any atom is -0.478 e. The lowest BCUT2D eigenvalue weighted by molar-refractivity contribution is -0.131. The van der Waals surface area contributed by atoms with Crippen LogP contribution in [-0.2, 0) is 16.1 Å². The van der Waals surface area contributed by atoms with E-state index in [9.17, 15) is 9.59 Å². The molecule has 1 aromatic rings. The Morgan fingerprint density at radius 3 is 2.53 bits per heavy atom. The molecule has 0 aromatic heterocycles. The molecule has 102 valence electrons. The molecular formula is C15H19NO3. The fraction of sp³-hybridized carbons (Fsp3) is 0.333. The maximum atomic E-state index is 11.4. The van der Waals surface area contributed by atoms with Gasteiger partial charge in [0.2, 0.25) is 5.91 Å². The van der Waals surface area contributed by atoms with Crippen LogP contribution in [0, 0.1) is 0 Å². The van der Waals surface area contributed by atoms with E-state index in [2.05, 4.69) is 12.2 Å². The molecule has 0 radical (unpaired) electrons. The first-order valence-corrected chi connectivity index (χ1v) is 6.38. The number of amides is 1. The molecule has 0 saturated carbocycles. The van der Waals surface area contributed by atoms with Crippen LogP contribution in [0.2, 0.25) is 0 Å². The highest BCUT2D eigenvalue weighted by Gasteiger charge is 2.00. The van der Waals surface area contributed by atoms with Crippen LogP contribution >= 0.6 is 0 Å². The normalized spacial score (nSPS) is 10.6. The van der Waals surface area contributed by atoms with E-state index in [-0.39, 0.29) is 5.91 Å². The summed E-state index contributed by atoms with van der Waals surface area (Å²) in [7, 11) is 0. The average Bonchev–Trinajstić information content (AvgIpc) is 2.41. The Hall–Kier alpha value is -2.10. The molecule has 0 fully saturated rings. The van der Waals surface area contributed by atoms with Crippen LogP contribution in [0.4, 0.5) is 0 Å². The molecule has 1 amide bonds. The number of aliphatic carboxylic acids is 1. The van der Waals surface area contributed by atoms with Gasteiger partial charge < -0.3 is 10.4 Å². The van der Waals surface area contributed by atoms with Gasteiger partial charge in [0.05, 0.1) is 0 Å². The fourth-order valence-electron chi connectivity index (χ4n) is 1.54. The molecule has 0 bridgehead atoms. The second kappa shape index (κ2) is 8.08. The van der Waals surface area contributed by atoms with Crippen molar-refractivity contribution >= 4 is 18.0 Å². The van der Waals surface area contributed by atoms with Crippen LogP contribution in [-0.4, -0.2) is 17.0 Å². The lowest BCUT2D eigenvalue weighted by Crippen LogP contribution is -2.22. The SMILES string of the molecule is CCCCC(=O)NCc1ccc(/C=C/C(=O)O)cc1. The highest BCUT2D eigenvalue weighted by atomic mass is 16.4. The number of carboxylic acid groups (broad SMARTS) is 1. The number of hydrogen-bond acceptors (Lipinski definition) is 2. The summed E-state index contributed by atoms with van der Waals surface area (Å²) in [6.07, 6.45) is 5.12. The van der Waals surface area contributed by atoms with Gasteiger partial charge in [-0.25, -0.2) is 4.79 Å². The molecule has 0 saturated heterocycles. The van der Waals surface area contributed by atoms with Gasteiger partial charge in [-0.3, -0.25) is 4.79 Å². The molecule has 0 unspecified atom stereocenters. The average molecular weight is 261 g/mol. The summed E-state index contributed by atoms with van der Waals surface area (Å²) in [6, 6.07) is 7.41. The van der Waals surface area contributed by atoms with Crippen LogP contribution in [0.3, 0.4) is 0 Å². The molecule has 0 atom stereocenters. The minimum absolute atomic E-state index is 0.0664. The lowest BCUT2D eigenvalue weighted by Gasteiger charge is -2.05. The van der Waals surface area contributed by atoms with E-state index < -0.39 is 5.97 Å². The Bertz CT molecular complexity index is 449. The van der Waals surface area contributed by atoms with Crippen LogP contribution < -0.4 is 5.32 Å². The van der Waals surface area contributed by atoms with Crippen molar-refractivity contribution in [2.24, 2.45) is 0 Å². The number of benzene rings is 1. The summed E-state index contributed by atoms with van der Waals surface area (Å²) < 4.78 is 0. The minimum atomic E-state index is -0.965. The molecule has 0 heterocycles. The Kier molecular flexibility index (Phi) is 6.36. The van der Waals surface area contributed by atoms with Gasteiger partial charge in [-0.1, -0.05) is 37.6 Å².